The van der Waals surface area contributed by atoms with Crippen LogP contribution in [-0.4, -0.2) is 17.0 Å². The van der Waals surface area contributed by atoms with E-state index < -0.39 is 4.92 Å². The fourth-order valence-electron chi connectivity index (χ4n) is 2.05. The standard InChI is InChI=1S/C14H14ClN3O2/c1-9-4-5-12(10(2)6-9)17(3)14-8-11(18(19)20)7-13(15)16-14/h4-8H,1-3H3. The molecule has 6 heteroatoms. The smallest absolute Gasteiger partial charge is 0.276 e. The second kappa shape index (κ2) is 5.46. The molecule has 0 saturated carbocycles. The van der Waals surface area contributed by atoms with Gasteiger partial charge in [0.25, 0.3) is 5.69 Å². The Hall–Kier alpha value is -2.14. The highest BCUT2D eigenvalue weighted by Gasteiger charge is 2.15. The summed E-state index contributed by atoms with van der Waals surface area (Å²) in [5.41, 5.74) is 3.08. The molecule has 1 aromatic carbocycles. The van der Waals surface area contributed by atoms with Crippen molar-refractivity contribution in [1.29, 1.82) is 0 Å². The molecular weight excluding hydrogens is 278 g/mol. The number of hydrogen-bond acceptors (Lipinski definition) is 4. The largest absolute Gasteiger partial charge is 0.329 e. The van der Waals surface area contributed by atoms with Gasteiger partial charge in [-0.3, -0.25) is 10.1 Å². The summed E-state index contributed by atoms with van der Waals surface area (Å²) in [4.78, 5) is 16.3. The highest BCUT2D eigenvalue weighted by molar-refractivity contribution is 6.29. The van der Waals surface area contributed by atoms with E-state index in [4.69, 9.17) is 11.6 Å². The zero-order valence-corrected chi connectivity index (χ0v) is 12.2. The van der Waals surface area contributed by atoms with Crippen molar-refractivity contribution in [3.63, 3.8) is 0 Å². The van der Waals surface area contributed by atoms with E-state index in [-0.39, 0.29) is 10.8 Å². The van der Waals surface area contributed by atoms with Gasteiger partial charge in [-0.1, -0.05) is 29.3 Å². The Labute approximate surface area is 122 Å². The molecule has 0 aliphatic rings. The summed E-state index contributed by atoms with van der Waals surface area (Å²) in [6.07, 6.45) is 0. The average molecular weight is 292 g/mol. The number of aryl methyl sites for hydroxylation is 2. The SMILES string of the molecule is Cc1ccc(N(C)c2cc([N+](=O)[O-])cc(Cl)n2)c(C)c1. The molecule has 2 rings (SSSR count). The highest BCUT2D eigenvalue weighted by Crippen LogP contribution is 2.29. The minimum atomic E-state index is -0.479. The van der Waals surface area contributed by atoms with Crippen LogP contribution in [0.4, 0.5) is 17.2 Å². The summed E-state index contributed by atoms with van der Waals surface area (Å²) in [7, 11) is 1.81. The fraction of sp³-hybridized carbons (Fsp3) is 0.214. The predicted octanol–water partition coefficient (Wildman–Crippen LogP) is 4.03. The van der Waals surface area contributed by atoms with Gasteiger partial charge >= 0.3 is 0 Å². The summed E-state index contributed by atoms with van der Waals surface area (Å²) in [5, 5.41) is 11.0. The molecule has 0 radical (unpaired) electrons. The summed E-state index contributed by atoms with van der Waals surface area (Å²) >= 11 is 5.85. The van der Waals surface area contributed by atoms with Crippen LogP contribution in [0.1, 0.15) is 11.1 Å². The predicted molar refractivity (Wildman–Crippen MR) is 79.9 cm³/mol. The first-order valence-electron chi connectivity index (χ1n) is 6.01. The van der Waals surface area contributed by atoms with Gasteiger partial charge in [-0.15, -0.1) is 0 Å². The Morgan fingerprint density at radius 2 is 1.95 bits per heavy atom. The molecule has 0 saturated heterocycles. The maximum absolute atomic E-state index is 10.9. The third kappa shape index (κ3) is 2.88. The highest BCUT2D eigenvalue weighted by atomic mass is 35.5. The van der Waals surface area contributed by atoms with Gasteiger partial charge in [-0.25, -0.2) is 4.98 Å². The van der Waals surface area contributed by atoms with Crippen LogP contribution in [0.5, 0.6) is 0 Å². The van der Waals surface area contributed by atoms with Gasteiger partial charge in [0.05, 0.1) is 17.1 Å². The minimum Gasteiger partial charge on any atom is -0.329 e. The van der Waals surface area contributed by atoms with Gasteiger partial charge in [0.1, 0.15) is 11.0 Å². The fourth-order valence-corrected chi connectivity index (χ4v) is 2.25. The number of rotatable bonds is 3. The molecule has 0 atom stereocenters. The van der Waals surface area contributed by atoms with Crippen molar-refractivity contribution < 1.29 is 4.92 Å². The molecule has 0 fully saturated rings. The minimum absolute atomic E-state index is 0.0726. The van der Waals surface area contributed by atoms with Crippen LogP contribution in [0, 0.1) is 24.0 Å². The summed E-state index contributed by atoms with van der Waals surface area (Å²) in [6.45, 7) is 4.00. The number of nitrogens with zero attached hydrogens (tertiary/aromatic N) is 3. The van der Waals surface area contributed by atoms with E-state index in [9.17, 15) is 10.1 Å². The van der Waals surface area contributed by atoms with E-state index in [0.717, 1.165) is 16.8 Å². The second-order valence-corrected chi connectivity index (χ2v) is 5.00. The molecule has 0 spiro atoms. The van der Waals surface area contributed by atoms with Crippen LogP contribution < -0.4 is 4.90 Å². The van der Waals surface area contributed by atoms with Gasteiger partial charge < -0.3 is 4.90 Å². The van der Waals surface area contributed by atoms with Crippen LogP contribution in [0.3, 0.4) is 0 Å². The topological polar surface area (TPSA) is 59.3 Å². The summed E-state index contributed by atoms with van der Waals surface area (Å²) in [5.74, 6) is 0.441. The van der Waals surface area contributed by atoms with E-state index in [1.165, 1.54) is 12.1 Å². The van der Waals surface area contributed by atoms with E-state index in [2.05, 4.69) is 4.98 Å². The molecule has 1 heterocycles. The molecule has 20 heavy (non-hydrogen) atoms. The first-order chi connectivity index (χ1) is 9.38. The number of pyridine rings is 1. The van der Waals surface area contributed by atoms with Crippen LogP contribution >= 0.6 is 11.6 Å². The van der Waals surface area contributed by atoms with Crippen molar-refractivity contribution in [3.05, 3.63) is 56.7 Å². The monoisotopic (exact) mass is 291 g/mol. The van der Waals surface area contributed by atoms with Crippen molar-refractivity contribution in [2.75, 3.05) is 11.9 Å². The Morgan fingerprint density at radius 1 is 1.25 bits per heavy atom. The quantitative estimate of drug-likeness (QED) is 0.487. The molecule has 0 N–H and O–H groups in total. The summed E-state index contributed by atoms with van der Waals surface area (Å²) < 4.78 is 0. The number of aromatic nitrogens is 1. The number of nitro groups is 1. The van der Waals surface area contributed by atoms with Gasteiger partial charge in [-0.05, 0) is 25.5 Å². The van der Waals surface area contributed by atoms with Crippen LogP contribution in [0.15, 0.2) is 30.3 Å². The number of benzene rings is 1. The summed E-state index contributed by atoms with van der Waals surface area (Å²) in [6, 6.07) is 8.63. The van der Waals surface area contributed by atoms with Crippen molar-refractivity contribution in [2.45, 2.75) is 13.8 Å². The molecule has 1 aromatic heterocycles. The van der Waals surface area contributed by atoms with Gasteiger partial charge in [0.15, 0.2) is 0 Å². The lowest BCUT2D eigenvalue weighted by Gasteiger charge is -2.20. The number of halogens is 1. The van der Waals surface area contributed by atoms with Crippen molar-refractivity contribution in [1.82, 2.24) is 4.98 Å². The van der Waals surface area contributed by atoms with E-state index >= 15 is 0 Å². The molecule has 0 unspecified atom stereocenters. The Balaban J connectivity index is 2.47. The zero-order chi connectivity index (χ0) is 14.9. The molecule has 0 amide bonds. The lowest BCUT2D eigenvalue weighted by atomic mass is 10.1. The Morgan fingerprint density at radius 3 is 2.55 bits per heavy atom. The van der Waals surface area contributed by atoms with E-state index in [1.54, 1.807) is 11.9 Å². The number of hydrogen-bond donors (Lipinski definition) is 0. The molecular formula is C14H14ClN3O2. The van der Waals surface area contributed by atoms with Crippen molar-refractivity contribution in [2.24, 2.45) is 0 Å². The normalized spacial score (nSPS) is 10.4. The number of anilines is 2. The van der Waals surface area contributed by atoms with Gasteiger partial charge in [-0.2, -0.15) is 0 Å². The van der Waals surface area contributed by atoms with Gasteiger partial charge in [0.2, 0.25) is 0 Å². The van der Waals surface area contributed by atoms with E-state index in [0.29, 0.717) is 5.82 Å². The first-order valence-corrected chi connectivity index (χ1v) is 6.39. The zero-order valence-electron chi connectivity index (χ0n) is 11.4. The second-order valence-electron chi connectivity index (χ2n) is 4.61. The maximum atomic E-state index is 10.9. The lowest BCUT2D eigenvalue weighted by Crippen LogP contribution is -2.13. The molecule has 0 aliphatic carbocycles. The third-order valence-corrected chi connectivity index (χ3v) is 3.23. The Bertz CT molecular complexity index is 673. The van der Waals surface area contributed by atoms with Crippen molar-refractivity contribution in [3.8, 4) is 0 Å². The lowest BCUT2D eigenvalue weighted by molar-refractivity contribution is -0.384. The average Bonchev–Trinajstić information content (AvgIpc) is 2.37. The molecule has 2 aromatic rings. The first kappa shape index (κ1) is 14.3. The van der Waals surface area contributed by atoms with Crippen LogP contribution in [-0.2, 0) is 0 Å². The van der Waals surface area contributed by atoms with Crippen LogP contribution in [0.25, 0.3) is 0 Å². The maximum Gasteiger partial charge on any atom is 0.276 e. The Kier molecular flexibility index (Phi) is 3.90. The molecule has 104 valence electrons. The van der Waals surface area contributed by atoms with Crippen molar-refractivity contribution >= 4 is 28.8 Å². The van der Waals surface area contributed by atoms with Gasteiger partial charge in [0, 0.05) is 12.7 Å². The molecule has 0 aliphatic heterocycles. The third-order valence-electron chi connectivity index (χ3n) is 3.03. The molecule has 0 bridgehead atoms. The van der Waals surface area contributed by atoms with E-state index in [1.807, 2.05) is 32.0 Å². The van der Waals surface area contributed by atoms with Crippen LogP contribution in [0.2, 0.25) is 5.15 Å². The molecule has 5 nitrogen and oxygen atoms in total.